The molecule has 4 rings (SSSR count). The molecule has 3 aromatic rings. The number of phenolic OH excluding ortho intramolecular Hbond substituents is 1. The molecule has 170 valence electrons. The molecule has 2 heterocycles. The smallest absolute Gasteiger partial charge is 0.338 e. The average Bonchev–Trinajstić information content (AvgIpc) is 3.09. The second kappa shape index (κ2) is 9.36. The first-order valence-electron chi connectivity index (χ1n) is 10.2. The Labute approximate surface area is 202 Å². The summed E-state index contributed by atoms with van der Waals surface area (Å²) in [6, 6.07) is 11.7. The molecule has 2 aromatic carbocycles. The van der Waals surface area contributed by atoms with Gasteiger partial charge in [-0.2, -0.15) is 0 Å². The summed E-state index contributed by atoms with van der Waals surface area (Å²) in [6.07, 6.45) is 1.72. The number of benzene rings is 2. The fourth-order valence-corrected chi connectivity index (χ4v) is 5.00. The Kier molecular flexibility index (Phi) is 6.53. The lowest BCUT2D eigenvalue weighted by molar-refractivity contribution is -0.139. The average molecular weight is 529 g/mol. The summed E-state index contributed by atoms with van der Waals surface area (Å²) in [5.74, 6) is -0.171. The Balaban J connectivity index is 1.94. The zero-order chi connectivity index (χ0) is 23.7. The van der Waals surface area contributed by atoms with Gasteiger partial charge in [-0.25, -0.2) is 9.79 Å². The molecule has 0 saturated heterocycles. The molecular formula is C24H21BrN2O5S. The van der Waals surface area contributed by atoms with E-state index in [0.29, 0.717) is 31.9 Å². The highest BCUT2D eigenvalue weighted by Crippen LogP contribution is 2.31. The van der Waals surface area contributed by atoms with Crippen molar-refractivity contribution in [3.8, 4) is 11.5 Å². The van der Waals surface area contributed by atoms with E-state index in [9.17, 15) is 14.7 Å². The minimum Gasteiger partial charge on any atom is -0.504 e. The molecule has 33 heavy (non-hydrogen) atoms. The lowest BCUT2D eigenvalue weighted by atomic mass is 9.96. The predicted octanol–water partition coefficient (Wildman–Crippen LogP) is 3.28. The lowest BCUT2D eigenvalue weighted by Gasteiger charge is -2.24. The number of phenols is 1. The fourth-order valence-electron chi connectivity index (χ4n) is 3.69. The number of ether oxygens (including phenoxy) is 2. The summed E-state index contributed by atoms with van der Waals surface area (Å²) < 4.78 is 13.3. The zero-order valence-electron chi connectivity index (χ0n) is 18.2. The highest BCUT2D eigenvalue weighted by Gasteiger charge is 2.33. The van der Waals surface area contributed by atoms with Crippen molar-refractivity contribution in [3.05, 3.63) is 89.0 Å². The van der Waals surface area contributed by atoms with Crippen LogP contribution >= 0.6 is 27.3 Å². The van der Waals surface area contributed by atoms with Gasteiger partial charge in [0.15, 0.2) is 16.3 Å². The maximum Gasteiger partial charge on any atom is 0.338 e. The van der Waals surface area contributed by atoms with E-state index in [0.717, 1.165) is 10.0 Å². The van der Waals surface area contributed by atoms with Crippen molar-refractivity contribution in [1.82, 2.24) is 4.57 Å². The lowest BCUT2D eigenvalue weighted by Crippen LogP contribution is -2.39. The van der Waals surface area contributed by atoms with Crippen molar-refractivity contribution in [1.29, 1.82) is 0 Å². The number of carbonyl (C=O) groups is 1. The number of hydrogen-bond donors (Lipinski definition) is 1. The van der Waals surface area contributed by atoms with Gasteiger partial charge >= 0.3 is 5.97 Å². The number of carbonyl (C=O) groups excluding carboxylic acids is 1. The van der Waals surface area contributed by atoms with Gasteiger partial charge in [0.05, 0.1) is 35.6 Å². The Morgan fingerprint density at radius 2 is 2.00 bits per heavy atom. The van der Waals surface area contributed by atoms with Gasteiger partial charge in [-0.15, -0.1) is 0 Å². The van der Waals surface area contributed by atoms with Gasteiger partial charge in [-0.05, 0) is 55.3 Å². The normalized spacial score (nSPS) is 15.8. The van der Waals surface area contributed by atoms with Crippen molar-refractivity contribution in [2.24, 2.45) is 4.99 Å². The van der Waals surface area contributed by atoms with E-state index < -0.39 is 12.0 Å². The van der Waals surface area contributed by atoms with Crippen molar-refractivity contribution in [3.63, 3.8) is 0 Å². The number of methoxy groups -OCH3 is 1. The van der Waals surface area contributed by atoms with Crippen LogP contribution in [-0.4, -0.2) is 29.4 Å². The van der Waals surface area contributed by atoms with Crippen LogP contribution in [0, 0.1) is 0 Å². The third-order valence-electron chi connectivity index (χ3n) is 5.20. The standard InChI is InChI=1S/C24H21BrN2O5S/c1-4-32-23(30)20-13(2)26-24-27(21(20)15-6-8-16(25)9-7-15)22(29)19(33-24)12-14-5-10-17(28)18(11-14)31-3/h5-12,21,28H,4H2,1-3H3/b19-12-. The number of aromatic nitrogens is 1. The Morgan fingerprint density at radius 3 is 2.67 bits per heavy atom. The molecule has 0 bridgehead atoms. The summed E-state index contributed by atoms with van der Waals surface area (Å²) in [5.41, 5.74) is 2.05. The van der Waals surface area contributed by atoms with Crippen LogP contribution < -0.4 is 19.6 Å². The molecule has 0 spiro atoms. The maximum atomic E-state index is 13.5. The Hall–Kier alpha value is -3.17. The van der Waals surface area contributed by atoms with Crippen LogP contribution in [0.25, 0.3) is 6.08 Å². The fraction of sp³-hybridized carbons (Fsp3) is 0.208. The van der Waals surface area contributed by atoms with Crippen molar-refractivity contribution >= 4 is 39.3 Å². The first-order valence-corrected chi connectivity index (χ1v) is 11.8. The van der Waals surface area contributed by atoms with Crippen LogP contribution in [0.4, 0.5) is 0 Å². The molecule has 7 nitrogen and oxygen atoms in total. The molecule has 1 unspecified atom stereocenters. The molecule has 1 N–H and O–H groups in total. The molecule has 0 fully saturated rings. The highest BCUT2D eigenvalue weighted by atomic mass is 79.9. The van der Waals surface area contributed by atoms with Crippen LogP contribution in [-0.2, 0) is 9.53 Å². The van der Waals surface area contributed by atoms with Gasteiger partial charge in [-0.1, -0.05) is 45.5 Å². The van der Waals surface area contributed by atoms with E-state index >= 15 is 0 Å². The molecule has 1 aliphatic heterocycles. The van der Waals surface area contributed by atoms with Crippen LogP contribution in [0.5, 0.6) is 11.5 Å². The highest BCUT2D eigenvalue weighted by molar-refractivity contribution is 9.10. The maximum absolute atomic E-state index is 13.5. The molecular weight excluding hydrogens is 508 g/mol. The van der Waals surface area contributed by atoms with Gasteiger partial charge in [0.25, 0.3) is 5.56 Å². The van der Waals surface area contributed by atoms with E-state index in [2.05, 4.69) is 20.9 Å². The van der Waals surface area contributed by atoms with Crippen LogP contribution in [0.1, 0.15) is 31.0 Å². The number of aromatic hydroxyl groups is 1. The third-order valence-corrected chi connectivity index (χ3v) is 6.72. The summed E-state index contributed by atoms with van der Waals surface area (Å²) in [6.45, 7) is 3.71. The van der Waals surface area contributed by atoms with Gasteiger partial charge < -0.3 is 14.6 Å². The number of allylic oxidation sites excluding steroid dienone is 1. The van der Waals surface area contributed by atoms with E-state index in [1.807, 2.05) is 24.3 Å². The number of thiazole rings is 1. The molecule has 1 atom stereocenters. The number of halogens is 1. The Bertz CT molecular complexity index is 1440. The van der Waals surface area contributed by atoms with E-state index in [-0.39, 0.29) is 17.9 Å². The minimum absolute atomic E-state index is 0.0149. The number of fused-ring (bicyclic) bond motifs is 1. The van der Waals surface area contributed by atoms with Crippen molar-refractivity contribution in [2.45, 2.75) is 19.9 Å². The minimum atomic E-state index is -0.662. The molecule has 0 aliphatic carbocycles. The molecule has 0 saturated carbocycles. The van der Waals surface area contributed by atoms with Gasteiger partial charge in [0.2, 0.25) is 0 Å². The number of nitrogens with zero attached hydrogens (tertiary/aromatic N) is 2. The Morgan fingerprint density at radius 1 is 1.27 bits per heavy atom. The summed E-state index contributed by atoms with van der Waals surface area (Å²) >= 11 is 4.67. The van der Waals surface area contributed by atoms with E-state index in [4.69, 9.17) is 9.47 Å². The number of rotatable bonds is 5. The topological polar surface area (TPSA) is 90.1 Å². The summed E-state index contributed by atoms with van der Waals surface area (Å²) in [4.78, 5) is 31.5. The quantitative estimate of drug-likeness (QED) is 0.513. The molecule has 1 aromatic heterocycles. The van der Waals surface area contributed by atoms with E-state index in [1.54, 1.807) is 32.1 Å². The first kappa shape index (κ1) is 23.0. The SMILES string of the molecule is CCOC(=O)C1=C(C)N=c2s/c(=C\c3ccc(O)c(OC)c3)c(=O)n2C1c1ccc(Br)cc1. The van der Waals surface area contributed by atoms with Crippen molar-refractivity contribution < 1.29 is 19.4 Å². The molecule has 0 radical (unpaired) electrons. The number of hydrogen-bond acceptors (Lipinski definition) is 7. The second-order valence-electron chi connectivity index (χ2n) is 7.29. The van der Waals surface area contributed by atoms with Crippen LogP contribution in [0.2, 0.25) is 0 Å². The number of esters is 1. The molecule has 9 heteroatoms. The zero-order valence-corrected chi connectivity index (χ0v) is 20.6. The predicted molar refractivity (Wildman–Crippen MR) is 129 cm³/mol. The largest absolute Gasteiger partial charge is 0.504 e. The third kappa shape index (κ3) is 4.38. The van der Waals surface area contributed by atoms with Gasteiger partial charge in [0, 0.05) is 4.47 Å². The van der Waals surface area contributed by atoms with Crippen molar-refractivity contribution in [2.75, 3.05) is 13.7 Å². The first-order chi connectivity index (χ1) is 15.8. The monoisotopic (exact) mass is 528 g/mol. The van der Waals surface area contributed by atoms with Crippen LogP contribution in [0.3, 0.4) is 0 Å². The van der Waals surface area contributed by atoms with Gasteiger partial charge in [-0.3, -0.25) is 9.36 Å². The molecule has 0 amide bonds. The summed E-state index contributed by atoms with van der Waals surface area (Å²) in [7, 11) is 1.46. The molecule has 1 aliphatic rings. The van der Waals surface area contributed by atoms with Gasteiger partial charge in [0.1, 0.15) is 0 Å². The van der Waals surface area contributed by atoms with Crippen LogP contribution in [0.15, 0.2) is 68.0 Å². The second-order valence-corrected chi connectivity index (χ2v) is 9.21. The van der Waals surface area contributed by atoms with E-state index in [1.165, 1.54) is 29.1 Å². The summed E-state index contributed by atoms with van der Waals surface area (Å²) in [5, 5.41) is 9.85.